The number of Topliss-reactive ketones (excluding diaryl/α,β-unsaturated/α-hetero) is 1. The van der Waals surface area contributed by atoms with Gasteiger partial charge in [0.1, 0.15) is 5.75 Å². The number of ketones is 1. The number of amides is 2. The fraction of sp³-hybridized carbons (Fsp3) is 0.348. The van der Waals surface area contributed by atoms with Crippen LogP contribution in [0.4, 0.5) is 5.69 Å². The maximum Gasteiger partial charge on any atom is 0.226 e. The first kappa shape index (κ1) is 22.1. The van der Waals surface area contributed by atoms with Crippen LogP contribution in [-0.4, -0.2) is 43.2 Å². The van der Waals surface area contributed by atoms with E-state index in [4.69, 9.17) is 4.74 Å². The molecule has 0 fully saturated rings. The molecule has 2 aromatic carbocycles. The Balaban J connectivity index is 1.80. The quantitative estimate of drug-likeness (QED) is 0.621. The Hall–Kier alpha value is -3.15. The van der Waals surface area contributed by atoms with Gasteiger partial charge in [0.2, 0.25) is 11.8 Å². The Kier molecular flexibility index (Phi) is 8.40. The summed E-state index contributed by atoms with van der Waals surface area (Å²) in [4.78, 5) is 37.7. The molecule has 2 amide bonds. The standard InChI is InChI=1S/C23H28N2O4/c1-4-15-29-20-11-7-18(8-12-20)21(26)13-14-22(27)24-19-9-5-17(6-10-19)16-23(28)25(2)3/h5-12H,4,13-16H2,1-3H3,(H,24,27). The third-order valence-corrected chi connectivity index (χ3v) is 4.32. The van der Waals surface area contributed by atoms with E-state index in [0.29, 0.717) is 24.3 Å². The van der Waals surface area contributed by atoms with E-state index in [1.807, 2.05) is 19.1 Å². The molecular formula is C23H28N2O4. The molecule has 154 valence electrons. The van der Waals surface area contributed by atoms with Crippen LogP contribution < -0.4 is 10.1 Å². The van der Waals surface area contributed by atoms with Crippen molar-refractivity contribution in [1.82, 2.24) is 4.90 Å². The molecule has 0 radical (unpaired) electrons. The summed E-state index contributed by atoms with van der Waals surface area (Å²) in [6.45, 7) is 2.67. The zero-order valence-electron chi connectivity index (χ0n) is 17.2. The van der Waals surface area contributed by atoms with Crippen LogP contribution in [0.3, 0.4) is 0 Å². The van der Waals surface area contributed by atoms with Crippen molar-refractivity contribution in [2.45, 2.75) is 32.6 Å². The van der Waals surface area contributed by atoms with Crippen LogP contribution in [0.15, 0.2) is 48.5 Å². The summed E-state index contributed by atoms with van der Waals surface area (Å²) >= 11 is 0. The number of hydrogen-bond donors (Lipinski definition) is 1. The van der Waals surface area contributed by atoms with Crippen LogP contribution in [-0.2, 0) is 16.0 Å². The van der Waals surface area contributed by atoms with Gasteiger partial charge in [0.05, 0.1) is 13.0 Å². The van der Waals surface area contributed by atoms with Crippen molar-refractivity contribution in [2.24, 2.45) is 0 Å². The van der Waals surface area contributed by atoms with Gasteiger partial charge < -0.3 is 15.0 Å². The van der Waals surface area contributed by atoms with Gasteiger partial charge in [0.25, 0.3) is 0 Å². The summed E-state index contributed by atoms with van der Waals surface area (Å²) in [7, 11) is 3.43. The van der Waals surface area contributed by atoms with Gasteiger partial charge in [0.15, 0.2) is 5.78 Å². The molecule has 0 spiro atoms. The highest BCUT2D eigenvalue weighted by atomic mass is 16.5. The van der Waals surface area contributed by atoms with Gasteiger partial charge in [-0.1, -0.05) is 19.1 Å². The minimum atomic E-state index is -0.224. The topological polar surface area (TPSA) is 75.7 Å². The van der Waals surface area contributed by atoms with Crippen LogP contribution in [0.5, 0.6) is 5.75 Å². The molecule has 0 aromatic heterocycles. The second kappa shape index (κ2) is 11.0. The van der Waals surface area contributed by atoms with Crippen LogP contribution in [0.2, 0.25) is 0 Å². The molecule has 0 atom stereocenters. The van der Waals surface area contributed by atoms with Crippen molar-refractivity contribution in [3.8, 4) is 5.75 Å². The number of nitrogens with zero attached hydrogens (tertiary/aromatic N) is 1. The first-order valence-electron chi connectivity index (χ1n) is 9.74. The number of hydrogen-bond acceptors (Lipinski definition) is 4. The Morgan fingerprint density at radius 3 is 2.17 bits per heavy atom. The normalized spacial score (nSPS) is 10.3. The molecule has 1 N–H and O–H groups in total. The lowest BCUT2D eigenvalue weighted by molar-refractivity contribution is -0.128. The first-order valence-corrected chi connectivity index (χ1v) is 9.74. The van der Waals surface area contributed by atoms with Gasteiger partial charge in [0, 0.05) is 38.2 Å². The summed E-state index contributed by atoms with van der Waals surface area (Å²) in [5.74, 6) is 0.445. The van der Waals surface area contributed by atoms with E-state index >= 15 is 0 Å². The predicted molar refractivity (Wildman–Crippen MR) is 113 cm³/mol. The molecule has 0 heterocycles. The molecule has 6 heteroatoms. The highest BCUT2D eigenvalue weighted by Crippen LogP contribution is 2.15. The summed E-state index contributed by atoms with van der Waals surface area (Å²) in [6, 6.07) is 14.1. The molecule has 0 saturated heterocycles. The minimum Gasteiger partial charge on any atom is -0.494 e. The lowest BCUT2D eigenvalue weighted by atomic mass is 10.1. The maximum atomic E-state index is 12.3. The molecule has 0 aliphatic carbocycles. The molecule has 2 aromatic rings. The van der Waals surface area contributed by atoms with E-state index in [1.165, 1.54) is 0 Å². The Morgan fingerprint density at radius 1 is 0.931 bits per heavy atom. The molecule has 0 aliphatic heterocycles. The van der Waals surface area contributed by atoms with Gasteiger partial charge in [-0.2, -0.15) is 0 Å². The number of ether oxygens (including phenoxy) is 1. The van der Waals surface area contributed by atoms with Crippen molar-refractivity contribution >= 4 is 23.3 Å². The first-order chi connectivity index (χ1) is 13.9. The van der Waals surface area contributed by atoms with Crippen molar-refractivity contribution in [3.05, 3.63) is 59.7 Å². The minimum absolute atomic E-state index is 0.0188. The average Bonchev–Trinajstić information content (AvgIpc) is 2.72. The van der Waals surface area contributed by atoms with Gasteiger partial charge in [-0.15, -0.1) is 0 Å². The van der Waals surface area contributed by atoms with Gasteiger partial charge in [-0.05, 0) is 48.4 Å². The number of benzene rings is 2. The lowest BCUT2D eigenvalue weighted by Gasteiger charge is -2.10. The second-order valence-corrected chi connectivity index (χ2v) is 7.01. The Bertz CT molecular complexity index is 827. The fourth-order valence-corrected chi connectivity index (χ4v) is 2.59. The summed E-state index contributed by atoms with van der Waals surface area (Å²) in [6.07, 6.45) is 1.48. The predicted octanol–water partition coefficient (Wildman–Crippen LogP) is 3.71. The molecule has 6 nitrogen and oxygen atoms in total. The van der Waals surface area contributed by atoms with Crippen molar-refractivity contribution < 1.29 is 19.1 Å². The zero-order chi connectivity index (χ0) is 21.2. The molecule has 0 saturated carbocycles. The monoisotopic (exact) mass is 396 g/mol. The third kappa shape index (κ3) is 7.41. The van der Waals surface area contributed by atoms with Crippen LogP contribution >= 0.6 is 0 Å². The molecular weight excluding hydrogens is 368 g/mol. The molecule has 0 unspecified atom stereocenters. The SMILES string of the molecule is CCCOc1ccc(C(=O)CCC(=O)Nc2ccc(CC(=O)N(C)C)cc2)cc1. The highest BCUT2D eigenvalue weighted by molar-refractivity contribution is 6.00. The van der Waals surface area contributed by atoms with E-state index in [1.54, 1.807) is 55.4 Å². The van der Waals surface area contributed by atoms with Gasteiger partial charge >= 0.3 is 0 Å². The molecule has 2 rings (SSSR count). The number of rotatable bonds is 10. The van der Waals surface area contributed by atoms with E-state index in [9.17, 15) is 14.4 Å². The van der Waals surface area contributed by atoms with Crippen LogP contribution in [0.1, 0.15) is 42.1 Å². The lowest BCUT2D eigenvalue weighted by Crippen LogP contribution is -2.23. The van der Waals surface area contributed by atoms with E-state index < -0.39 is 0 Å². The second-order valence-electron chi connectivity index (χ2n) is 7.01. The van der Waals surface area contributed by atoms with Crippen molar-refractivity contribution in [1.29, 1.82) is 0 Å². The third-order valence-electron chi connectivity index (χ3n) is 4.32. The summed E-state index contributed by atoms with van der Waals surface area (Å²) in [5.41, 5.74) is 2.08. The highest BCUT2D eigenvalue weighted by Gasteiger charge is 2.11. The number of anilines is 1. The Morgan fingerprint density at radius 2 is 1.59 bits per heavy atom. The zero-order valence-corrected chi connectivity index (χ0v) is 17.2. The molecule has 0 aliphatic rings. The van der Waals surface area contributed by atoms with Crippen molar-refractivity contribution in [2.75, 3.05) is 26.0 Å². The number of likely N-dealkylation sites (N-methyl/N-ethyl adjacent to an activating group) is 1. The van der Waals surface area contributed by atoms with E-state index in [-0.39, 0.29) is 30.4 Å². The number of carbonyl (C=O) groups excluding carboxylic acids is 3. The summed E-state index contributed by atoms with van der Waals surface area (Å²) in [5, 5.41) is 2.78. The van der Waals surface area contributed by atoms with Crippen LogP contribution in [0, 0.1) is 0 Å². The summed E-state index contributed by atoms with van der Waals surface area (Å²) < 4.78 is 5.50. The van der Waals surface area contributed by atoms with Crippen LogP contribution in [0.25, 0.3) is 0 Å². The fourth-order valence-electron chi connectivity index (χ4n) is 2.59. The smallest absolute Gasteiger partial charge is 0.226 e. The van der Waals surface area contributed by atoms with Gasteiger partial charge in [-0.3, -0.25) is 14.4 Å². The largest absolute Gasteiger partial charge is 0.494 e. The van der Waals surface area contributed by atoms with Crippen molar-refractivity contribution in [3.63, 3.8) is 0 Å². The van der Waals surface area contributed by atoms with E-state index in [2.05, 4.69) is 5.32 Å². The number of carbonyl (C=O) groups is 3. The van der Waals surface area contributed by atoms with Gasteiger partial charge in [-0.25, -0.2) is 0 Å². The Labute approximate surface area is 171 Å². The van der Waals surface area contributed by atoms with E-state index in [0.717, 1.165) is 17.7 Å². The average molecular weight is 396 g/mol. The molecule has 29 heavy (non-hydrogen) atoms. The maximum absolute atomic E-state index is 12.3. The molecule has 0 bridgehead atoms. The number of nitrogens with one attached hydrogen (secondary N) is 1.